The second-order valence-corrected chi connectivity index (χ2v) is 3.91. The van der Waals surface area contributed by atoms with Gasteiger partial charge >= 0.3 is 0 Å². The van der Waals surface area contributed by atoms with Crippen LogP contribution in [0.4, 0.5) is 0 Å². The highest BCUT2D eigenvalue weighted by Crippen LogP contribution is 2.28. The Hall–Kier alpha value is -1.12. The van der Waals surface area contributed by atoms with Crippen LogP contribution in [-0.2, 0) is 9.47 Å². The molecule has 17 heavy (non-hydrogen) atoms. The van der Waals surface area contributed by atoms with E-state index in [2.05, 4.69) is 26.3 Å². The molecule has 0 fully saturated rings. The molecule has 0 spiro atoms. The van der Waals surface area contributed by atoms with E-state index in [1.165, 1.54) is 0 Å². The highest BCUT2D eigenvalue weighted by atomic mass is 16.5. The van der Waals surface area contributed by atoms with Crippen molar-refractivity contribution in [2.45, 2.75) is 31.5 Å². The van der Waals surface area contributed by atoms with Crippen LogP contribution in [0.25, 0.3) is 0 Å². The van der Waals surface area contributed by atoms with E-state index in [-0.39, 0.29) is 6.10 Å². The van der Waals surface area contributed by atoms with Crippen molar-refractivity contribution in [2.75, 3.05) is 13.2 Å². The van der Waals surface area contributed by atoms with Crippen LogP contribution in [0.5, 0.6) is 0 Å². The van der Waals surface area contributed by atoms with Gasteiger partial charge in [0.1, 0.15) is 5.60 Å². The van der Waals surface area contributed by atoms with E-state index in [4.69, 9.17) is 9.47 Å². The third-order valence-corrected chi connectivity index (χ3v) is 2.67. The van der Waals surface area contributed by atoms with Gasteiger partial charge in [0.25, 0.3) is 0 Å². The first kappa shape index (κ1) is 15.9. The van der Waals surface area contributed by atoms with Crippen molar-refractivity contribution in [3.05, 3.63) is 50.6 Å². The molecule has 0 aliphatic rings. The molecule has 0 N–H and O–H groups in total. The molecule has 0 saturated carbocycles. The summed E-state index contributed by atoms with van der Waals surface area (Å²) in [5.41, 5.74) is -0.416. The number of rotatable bonds is 11. The summed E-state index contributed by atoms with van der Waals surface area (Å²) in [6.45, 7) is 17.9. The second-order valence-electron chi connectivity index (χ2n) is 3.91. The fraction of sp³-hybridized carbons (Fsp3) is 0.467. The van der Waals surface area contributed by atoms with Crippen molar-refractivity contribution in [3.8, 4) is 0 Å². The third kappa shape index (κ3) is 5.16. The molecule has 0 radical (unpaired) electrons. The van der Waals surface area contributed by atoms with Gasteiger partial charge in [-0.2, -0.15) is 0 Å². The van der Waals surface area contributed by atoms with Crippen LogP contribution in [0.1, 0.15) is 19.8 Å². The first-order chi connectivity index (χ1) is 8.16. The van der Waals surface area contributed by atoms with E-state index in [9.17, 15) is 0 Å². The molecule has 0 aliphatic heterocycles. The maximum absolute atomic E-state index is 5.90. The summed E-state index contributed by atoms with van der Waals surface area (Å²) in [6.07, 6.45) is 8.53. The Morgan fingerprint density at radius 3 is 1.88 bits per heavy atom. The number of hydrogen-bond donors (Lipinski definition) is 0. The number of ether oxygens (including phenoxy) is 2. The quantitative estimate of drug-likeness (QED) is 0.510. The van der Waals surface area contributed by atoms with Crippen molar-refractivity contribution < 1.29 is 9.47 Å². The molecule has 0 amide bonds. The minimum absolute atomic E-state index is 0.0588. The molecule has 0 aliphatic carbocycles. The zero-order valence-corrected chi connectivity index (χ0v) is 10.9. The minimum Gasteiger partial charge on any atom is -0.371 e. The molecule has 0 saturated heterocycles. The molecule has 96 valence electrons. The maximum Gasteiger partial charge on any atom is 0.101 e. The lowest BCUT2D eigenvalue weighted by atomic mass is 9.89. The first-order valence-corrected chi connectivity index (χ1v) is 5.86. The largest absolute Gasteiger partial charge is 0.371 e. The number of hydrogen-bond acceptors (Lipinski definition) is 2. The third-order valence-electron chi connectivity index (χ3n) is 2.67. The summed E-state index contributed by atoms with van der Waals surface area (Å²) in [7, 11) is 0. The summed E-state index contributed by atoms with van der Waals surface area (Å²) < 4.78 is 11.6. The van der Waals surface area contributed by atoms with Crippen molar-refractivity contribution in [1.82, 2.24) is 0 Å². The molecule has 0 rings (SSSR count). The van der Waals surface area contributed by atoms with Crippen LogP contribution < -0.4 is 0 Å². The topological polar surface area (TPSA) is 18.5 Å². The highest BCUT2D eigenvalue weighted by molar-refractivity contribution is 4.98. The Balaban J connectivity index is 4.82. The predicted molar refractivity (Wildman–Crippen MR) is 74.1 cm³/mol. The molecule has 0 aromatic rings. The van der Waals surface area contributed by atoms with E-state index in [1.807, 2.05) is 19.1 Å². The van der Waals surface area contributed by atoms with Crippen LogP contribution in [0.2, 0.25) is 0 Å². The molecule has 0 unspecified atom stereocenters. The van der Waals surface area contributed by atoms with Gasteiger partial charge in [-0.25, -0.2) is 0 Å². The standard InChI is InChI=1S/C15H24O2/c1-6-10-15(11-7-2,17-13-9-4)14(5)16-12-8-3/h6-9,14H,1-4,10-13H2,5H3/t14-/m1/s1. The molecule has 0 aromatic heterocycles. The summed E-state index contributed by atoms with van der Waals surface area (Å²) in [5.74, 6) is 0. The Morgan fingerprint density at radius 2 is 1.47 bits per heavy atom. The molecular formula is C15H24O2. The van der Waals surface area contributed by atoms with Crippen molar-refractivity contribution in [2.24, 2.45) is 0 Å². The van der Waals surface area contributed by atoms with Crippen molar-refractivity contribution in [3.63, 3.8) is 0 Å². The van der Waals surface area contributed by atoms with Crippen LogP contribution in [-0.4, -0.2) is 24.9 Å². The van der Waals surface area contributed by atoms with Gasteiger partial charge in [-0.3, -0.25) is 0 Å². The summed E-state index contributed by atoms with van der Waals surface area (Å²) in [6, 6.07) is 0. The van der Waals surface area contributed by atoms with E-state index in [0.29, 0.717) is 26.1 Å². The Bertz CT molecular complexity index is 246. The molecule has 2 heteroatoms. The minimum atomic E-state index is -0.416. The van der Waals surface area contributed by atoms with E-state index < -0.39 is 5.60 Å². The van der Waals surface area contributed by atoms with E-state index >= 15 is 0 Å². The highest BCUT2D eigenvalue weighted by Gasteiger charge is 2.35. The van der Waals surface area contributed by atoms with Gasteiger partial charge in [-0.05, 0) is 19.8 Å². The van der Waals surface area contributed by atoms with Crippen molar-refractivity contribution in [1.29, 1.82) is 0 Å². The SMILES string of the molecule is C=CCO[C@H](C)C(CC=C)(CC=C)OCC=C. The maximum atomic E-state index is 5.90. The van der Waals surface area contributed by atoms with Gasteiger partial charge in [0.15, 0.2) is 0 Å². The lowest BCUT2D eigenvalue weighted by Crippen LogP contribution is -2.44. The summed E-state index contributed by atoms with van der Waals surface area (Å²) in [4.78, 5) is 0. The Labute approximate surface area is 105 Å². The lowest BCUT2D eigenvalue weighted by Gasteiger charge is -2.37. The summed E-state index contributed by atoms with van der Waals surface area (Å²) >= 11 is 0. The van der Waals surface area contributed by atoms with Gasteiger partial charge in [0, 0.05) is 0 Å². The summed E-state index contributed by atoms with van der Waals surface area (Å²) in [5, 5.41) is 0. The zero-order valence-electron chi connectivity index (χ0n) is 10.9. The van der Waals surface area contributed by atoms with Gasteiger partial charge in [0.2, 0.25) is 0 Å². The van der Waals surface area contributed by atoms with E-state index in [1.54, 1.807) is 12.2 Å². The molecule has 0 heterocycles. The second kappa shape index (κ2) is 8.97. The lowest BCUT2D eigenvalue weighted by molar-refractivity contribution is -0.125. The molecule has 2 nitrogen and oxygen atoms in total. The van der Waals surface area contributed by atoms with Crippen LogP contribution in [0, 0.1) is 0 Å². The fourth-order valence-electron chi connectivity index (χ4n) is 1.73. The van der Waals surface area contributed by atoms with Crippen LogP contribution in [0.15, 0.2) is 50.6 Å². The molecular weight excluding hydrogens is 212 g/mol. The molecule has 0 bridgehead atoms. The fourth-order valence-corrected chi connectivity index (χ4v) is 1.73. The molecule has 1 atom stereocenters. The molecule has 0 aromatic carbocycles. The van der Waals surface area contributed by atoms with E-state index in [0.717, 1.165) is 0 Å². The van der Waals surface area contributed by atoms with Gasteiger partial charge in [0.05, 0.1) is 19.3 Å². The average Bonchev–Trinajstić information content (AvgIpc) is 2.33. The zero-order chi connectivity index (χ0) is 13.1. The van der Waals surface area contributed by atoms with Gasteiger partial charge in [-0.15, -0.1) is 26.3 Å². The van der Waals surface area contributed by atoms with Gasteiger partial charge in [-0.1, -0.05) is 24.3 Å². The van der Waals surface area contributed by atoms with Crippen LogP contribution >= 0.6 is 0 Å². The first-order valence-electron chi connectivity index (χ1n) is 5.86. The Kier molecular flexibility index (Phi) is 8.38. The smallest absolute Gasteiger partial charge is 0.101 e. The van der Waals surface area contributed by atoms with Gasteiger partial charge < -0.3 is 9.47 Å². The normalized spacial score (nSPS) is 12.8. The van der Waals surface area contributed by atoms with Crippen LogP contribution in [0.3, 0.4) is 0 Å². The van der Waals surface area contributed by atoms with Crippen molar-refractivity contribution >= 4 is 0 Å². The average molecular weight is 236 g/mol. The predicted octanol–water partition coefficient (Wildman–Crippen LogP) is 3.67. The monoisotopic (exact) mass is 236 g/mol. The Morgan fingerprint density at radius 1 is 0.941 bits per heavy atom.